The standard InChI is InChI=1S/C14H18N2O3/c1-3-19-14(18)13-8-16(2)7-12(13)10-4-5-11(9-17)15-6-10/h4-6,9,12-13H,3,7-8H2,1-2H3/t12-,13+/m1/s1. The number of likely N-dealkylation sites (N-methyl/N-ethyl adjacent to an activating group) is 1. The molecule has 2 atom stereocenters. The molecule has 0 amide bonds. The Morgan fingerprint density at radius 3 is 2.89 bits per heavy atom. The van der Waals surface area contributed by atoms with Crippen LogP contribution in [0.4, 0.5) is 0 Å². The Labute approximate surface area is 112 Å². The summed E-state index contributed by atoms with van der Waals surface area (Å²) in [5.41, 5.74) is 1.38. The monoisotopic (exact) mass is 262 g/mol. The fourth-order valence-corrected chi connectivity index (χ4v) is 2.53. The van der Waals surface area contributed by atoms with Gasteiger partial charge in [-0.25, -0.2) is 0 Å². The normalized spacial score (nSPS) is 23.3. The van der Waals surface area contributed by atoms with Gasteiger partial charge in [-0.2, -0.15) is 0 Å². The molecule has 1 aromatic rings. The average molecular weight is 262 g/mol. The predicted molar refractivity (Wildman–Crippen MR) is 70.0 cm³/mol. The quantitative estimate of drug-likeness (QED) is 0.601. The molecule has 0 unspecified atom stereocenters. The van der Waals surface area contributed by atoms with Gasteiger partial charge in [-0.05, 0) is 25.6 Å². The zero-order valence-corrected chi connectivity index (χ0v) is 11.2. The van der Waals surface area contributed by atoms with E-state index >= 15 is 0 Å². The summed E-state index contributed by atoms with van der Waals surface area (Å²) in [5, 5.41) is 0. The van der Waals surface area contributed by atoms with Crippen LogP contribution < -0.4 is 0 Å². The van der Waals surface area contributed by atoms with Crippen LogP contribution in [-0.2, 0) is 9.53 Å². The minimum absolute atomic E-state index is 0.0808. The minimum Gasteiger partial charge on any atom is -0.466 e. The number of aldehydes is 1. The van der Waals surface area contributed by atoms with Crippen LogP contribution in [0.2, 0.25) is 0 Å². The van der Waals surface area contributed by atoms with Gasteiger partial charge in [0, 0.05) is 25.2 Å². The number of hydrogen-bond acceptors (Lipinski definition) is 5. The minimum atomic E-state index is -0.158. The molecule has 0 radical (unpaired) electrons. The molecule has 2 heterocycles. The first kappa shape index (κ1) is 13.7. The van der Waals surface area contributed by atoms with Crippen molar-refractivity contribution in [1.82, 2.24) is 9.88 Å². The van der Waals surface area contributed by atoms with Crippen LogP contribution in [-0.4, -0.2) is 48.9 Å². The molecule has 1 fully saturated rings. The van der Waals surface area contributed by atoms with E-state index in [0.29, 0.717) is 25.1 Å². The molecular weight excluding hydrogens is 244 g/mol. The number of rotatable bonds is 4. The van der Waals surface area contributed by atoms with Crippen LogP contribution in [0.3, 0.4) is 0 Å². The Hall–Kier alpha value is -1.75. The lowest BCUT2D eigenvalue weighted by Gasteiger charge is -2.17. The molecule has 0 aromatic carbocycles. The zero-order chi connectivity index (χ0) is 13.8. The van der Waals surface area contributed by atoms with E-state index in [2.05, 4.69) is 9.88 Å². The second kappa shape index (κ2) is 5.93. The number of ether oxygens (including phenoxy) is 1. The smallest absolute Gasteiger partial charge is 0.310 e. The van der Waals surface area contributed by atoms with Gasteiger partial charge in [-0.1, -0.05) is 6.07 Å². The fourth-order valence-electron chi connectivity index (χ4n) is 2.53. The molecule has 2 rings (SSSR count). The van der Waals surface area contributed by atoms with E-state index in [-0.39, 0.29) is 17.8 Å². The number of aromatic nitrogens is 1. The Kier molecular flexibility index (Phi) is 4.27. The van der Waals surface area contributed by atoms with Gasteiger partial charge in [0.25, 0.3) is 0 Å². The highest BCUT2D eigenvalue weighted by Crippen LogP contribution is 2.32. The lowest BCUT2D eigenvalue weighted by atomic mass is 9.90. The van der Waals surface area contributed by atoms with Gasteiger partial charge in [0.05, 0.1) is 12.5 Å². The van der Waals surface area contributed by atoms with Gasteiger partial charge in [0.15, 0.2) is 6.29 Å². The van der Waals surface area contributed by atoms with Gasteiger partial charge in [-0.3, -0.25) is 14.6 Å². The van der Waals surface area contributed by atoms with Gasteiger partial charge < -0.3 is 9.64 Å². The van der Waals surface area contributed by atoms with Crippen molar-refractivity contribution in [3.8, 4) is 0 Å². The fraction of sp³-hybridized carbons (Fsp3) is 0.500. The van der Waals surface area contributed by atoms with Crippen LogP contribution in [0.5, 0.6) is 0 Å². The van der Waals surface area contributed by atoms with Crippen LogP contribution in [0.15, 0.2) is 18.3 Å². The molecule has 0 saturated carbocycles. The van der Waals surface area contributed by atoms with Crippen molar-refractivity contribution >= 4 is 12.3 Å². The van der Waals surface area contributed by atoms with Gasteiger partial charge >= 0.3 is 5.97 Å². The van der Waals surface area contributed by atoms with Crippen molar-refractivity contribution in [3.05, 3.63) is 29.6 Å². The second-order valence-corrected chi connectivity index (χ2v) is 4.82. The number of carbonyl (C=O) groups is 2. The van der Waals surface area contributed by atoms with Gasteiger partial charge in [-0.15, -0.1) is 0 Å². The first-order valence-electron chi connectivity index (χ1n) is 6.42. The first-order chi connectivity index (χ1) is 9.15. The topological polar surface area (TPSA) is 59.5 Å². The third-order valence-corrected chi connectivity index (χ3v) is 3.45. The molecule has 0 N–H and O–H groups in total. The molecule has 1 aliphatic rings. The van der Waals surface area contributed by atoms with Crippen molar-refractivity contribution in [3.63, 3.8) is 0 Å². The van der Waals surface area contributed by atoms with E-state index in [1.54, 1.807) is 12.3 Å². The summed E-state index contributed by atoms with van der Waals surface area (Å²) in [7, 11) is 1.99. The summed E-state index contributed by atoms with van der Waals surface area (Å²) >= 11 is 0. The molecule has 1 aromatic heterocycles. The molecule has 5 heteroatoms. The third-order valence-electron chi connectivity index (χ3n) is 3.45. The van der Waals surface area contributed by atoms with Crippen molar-refractivity contribution in [1.29, 1.82) is 0 Å². The maximum atomic E-state index is 12.0. The summed E-state index contributed by atoms with van der Waals surface area (Å²) in [4.78, 5) is 28.8. The Balaban J connectivity index is 2.19. The van der Waals surface area contributed by atoms with Crippen LogP contribution in [0, 0.1) is 5.92 Å². The molecule has 0 bridgehead atoms. The molecular formula is C14H18N2O3. The molecule has 19 heavy (non-hydrogen) atoms. The highest BCUT2D eigenvalue weighted by Gasteiger charge is 2.38. The Bertz CT molecular complexity index is 458. The van der Waals surface area contributed by atoms with E-state index in [1.165, 1.54) is 0 Å². The Morgan fingerprint density at radius 2 is 2.32 bits per heavy atom. The number of carbonyl (C=O) groups excluding carboxylic acids is 2. The van der Waals surface area contributed by atoms with Crippen LogP contribution in [0.25, 0.3) is 0 Å². The average Bonchev–Trinajstić information content (AvgIpc) is 2.81. The largest absolute Gasteiger partial charge is 0.466 e. The SMILES string of the molecule is CCOC(=O)[C@H]1CN(C)C[C@@H]1c1ccc(C=O)nc1. The number of likely N-dealkylation sites (tertiary alicyclic amines) is 1. The number of nitrogens with zero attached hydrogens (tertiary/aromatic N) is 2. The van der Waals surface area contributed by atoms with Crippen LogP contribution >= 0.6 is 0 Å². The zero-order valence-electron chi connectivity index (χ0n) is 11.2. The number of hydrogen-bond donors (Lipinski definition) is 0. The summed E-state index contributed by atoms with van der Waals surface area (Å²) in [6.45, 7) is 3.70. The second-order valence-electron chi connectivity index (χ2n) is 4.82. The van der Waals surface area contributed by atoms with E-state index in [4.69, 9.17) is 4.74 Å². The third kappa shape index (κ3) is 2.98. The van der Waals surface area contributed by atoms with E-state index in [1.807, 2.05) is 20.0 Å². The van der Waals surface area contributed by atoms with E-state index < -0.39 is 0 Å². The molecule has 1 aliphatic heterocycles. The Morgan fingerprint density at radius 1 is 1.53 bits per heavy atom. The first-order valence-corrected chi connectivity index (χ1v) is 6.42. The molecule has 1 saturated heterocycles. The summed E-state index contributed by atoms with van der Waals surface area (Å²) < 4.78 is 5.13. The van der Waals surface area contributed by atoms with Crippen molar-refractivity contribution in [2.45, 2.75) is 12.8 Å². The maximum absolute atomic E-state index is 12.0. The van der Waals surface area contributed by atoms with Gasteiger partial charge in [0.1, 0.15) is 5.69 Å². The summed E-state index contributed by atoms with van der Waals surface area (Å²) in [6, 6.07) is 3.55. The number of pyridine rings is 1. The lowest BCUT2D eigenvalue weighted by Crippen LogP contribution is -2.24. The molecule has 0 aliphatic carbocycles. The molecule has 5 nitrogen and oxygen atoms in total. The lowest BCUT2D eigenvalue weighted by molar-refractivity contribution is -0.147. The van der Waals surface area contributed by atoms with E-state index in [9.17, 15) is 9.59 Å². The summed E-state index contributed by atoms with van der Waals surface area (Å²) in [5.74, 6) is -0.234. The highest BCUT2D eigenvalue weighted by molar-refractivity contribution is 5.75. The predicted octanol–water partition coefficient (Wildman–Crippen LogP) is 1.10. The van der Waals surface area contributed by atoms with Crippen molar-refractivity contribution in [2.24, 2.45) is 5.92 Å². The van der Waals surface area contributed by atoms with Crippen molar-refractivity contribution < 1.29 is 14.3 Å². The number of esters is 1. The van der Waals surface area contributed by atoms with Crippen molar-refractivity contribution in [2.75, 3.05) is 26.7 Å². The maximum Gasteiger partial charge on any atom is 0.310 e. The highest BCUT2D eigenvalue weighted by atomic mass is 16.5. The van der Waals surface area contributed by atoms with Gasteiger partial charge in [0.2, 0.25) is 0 Å². The van der Waals surface area contributed by atoms with Crippen LogP contribution in [0.1, 0.15) is 28.9 Å². The molecule has 0 spiro atoms. The molecule has 102 valence electrons. The summed E-state index contributed by atoms with van der Waals surface area (Å²) in [6.07, 6.45) is 2.40. The van der Waals surface area contributed by atoms with E-state index in [0.717, 1.165) is 12.1 Å².